The molecule has 1 aliphatic rings. The quantitative estimate of drug-likeness (QED) is 0.598. The van der Waals surface area contributed by atoms with Crippen molar-refractivity contribution in [2.45, 2.75) is 57.8 Å². The molecule has 94 valence electrons. The van der Waals surface area contributed by atoms with E-state index in [0.29, 0.717) is 0 Å². The van der Waals surface area contributed by atoms with Crippen LogP contribution in [0, 0.1) is 0 Å². The molecule has 0 aromatic rings. The van der Waals surface area contributed by atoms with Crippen molar-refractivity contribution in [1.82, 2.24) is 0 Å². The molecule has 1 unspecified atom stereocenters. The van der Waals surface area contributed by atoms with Crippen molar-refractivity contribution in [3.8, 4) is 0 Å². The van der Waals surface area contributed by atoms with Crippen LogP contribution in [0.5, 0.6) is 0 Å². The summed E-state index contributed by atoms with van der Waals surface area (Å²) in [7, 11) is -1.25. The fourth-order valence-electron chi connectivity index (χ4n) is 1.91. The first-order valence-corrected chi connectivity index (χ1v) is 8.92. The second-order valence-electron chi connectivity index (χ2n) is 5.06. The number of carboxylic acid groups (broad SMARTS) is 1. The van der Waals surface area contributed by atoms with Crippen molar-refractivity contribution < 1.29 is 14.3 Å². The summed E-state index contributed by atoms with van der Waals surface area (Å²) >= 11 is 0. The number of carbonyl (C=O) groups is 1. The molecule has 1 N–H and O–H groups in total. The predicted molar refractivity (Wildman–Crippen MR) is 69.1 cm³/mol. The van der Waals surface area contributed by atoms with Crippen molar-refractivity contribution >= 4 is 14.3 Å². The van der Waals surface area contributed by atoms with Crippen molar-refractivity contribution in [2.75, 3.05) is 0 Å². The van der Waals surface area contributed by atoms with E-state index in [2.05, 4.69) is 33.5 Å². The molecule has 1 saturated heterocycles. The first-order chi connectivity index (χ1) is 7.24. The Hall–Kier alpha value is -0.613. The van der Waals surface area contributed by atoms with Gasteiger partial charge in [0.25, 0.3) is 0 Å². The van der Waals surface area contributed by atoms with Crippen LogP contribution in [0.25, 0.3) is 0 Å². The first-order valence-electron chi connectivity index (χ1n) is 5.80. The van der Waals surface area contributed by atoms with E-state index < -0.39 is 14.3 Å². The highest BCUT2D eigenvalue weighted by Gasteiger charge is 2.37. The van der Waals surface area contributed by atoms with Gasteiger partial charge in [0.05, 0.1) is 5.60 Å². The van der Waals surface area contributed by atoms with Crippen molar-refractivity contribution in [3.63, 3.8) is 0 Å². The van der Waals surface area contributed by atoms with Crippen LogP contribution in [0.1, 0.15) is 33.1 Å². The molecule has 1 heterocycles. The highest BCUT2D eigenvalue weighted by atomic mass is 28.4. The van der Waals surface area contributed by atoms with Gasteiger partial charge in [-0.2, -0.15) is 0 Å². The summed E-state index contributed by atoms with van der Waals surface area (Å²) in [6, 6.07) is 1.35. The minimum Gasteiger partial charge on any atom is -0.478 e. The first kappa shape index (κ1) is 15.4. The Morgan fingerprint density at radius 1 is 1.62 bits per heavy atom. The largest absolute Gasteiger partial charge is 0.478 e. The van der Waals surface area contributed by atoms with E-state index in [9.17, 15) is 4.79 Å². The highest BCUT2D eigenvalue weighted by Crippen LogP contribution is 2.34. The Morgan fingerprint density at radius 2 is 2.12 bits per heavy atom. The topological polar surface area (TPSA) is 46.5 Å². The van der Waals surface area contributed by atoms with E-state index in [1.165, 1.54) is 25.3 Å². The molecule has 1 aliphatic heterocycles. The number of aliphatic carboxylic acids is 1. The van der Waals surface area contributed by atoms with Crippen molar-refractivity contribution in [1.29, 1.82) is 0 Å². The van der Waals surface area contributed by atoms with Crippen LogP contribution < -0.4 is 0 Å². The molecule has 0 aromatic heterocycles. The fourth-order valence-corrected chi connectivity index (χ4v) is 4.62. The van der Waals surface area contributed by atoms with E-state index in [-0.39, 0.29) is 5.60 Å². The molecule has 0 aromatic carbocycles. The lowest BCUT2D eigenvalue weighted by molar-refractivity contribution is -0.131. The zero-order chi connectivity index (χ0) is 12.8. The summed E-state index contributed by atoms with van der Waals surface area (Å²) in [5.74, 6) is -0.981. The fraction of sp³-hybridized carbons (Fsp3) is 0.750. The molecular weight excluding hydrogens is 220 g/mol. The van der Waals surface area contributed by atoms with Crippen LogP contribution in [-0.4, -0.2) is 25.0 Å². The average Bonchev–Trinajstić information content (AvgIpc) is 2.17. The number of carboxylic acids is 1. The zero-order valence-corrected chi connectivity index (χ0v) is 11.9. The molecule has 0 amide bonds. The maximum absolute atomic E-state index is 9.25. The maximum atomic E-state index is 9.25. The van der Waals surface area contributed by atoms with Gasteiger partial charge in [0.1, 0.15) is 0 Å². The van der Waals surface area contributed by atoms with Crippen molar-refractivity contribution in [2.24, 2.45) is 0 Å². The molecule has 1 atom stereocenters. The van der Waals surface area contributed by atoms with Crippen LogP contribution in [0.4, 0.5) is 0 Å². The van der Waals surface area contributed by atoms with E-state index in [0.717, 1.165) is 6.08 Å². The molecular formula is C12H24O3Si. The monoisotopic (exact) mass is 244 g/mol. The van der Waals surface area contributed by atoms with Gasteiger partial charge in [-0.1, -0.05) is 19.9 Å². The maximum Gasteiger partial charge on any atom is 0.327 e. The summed E-state index contributed by atoms with van der Waals surface area (Å²) in [6.07, 6.45) is 4.65. The molecule has 0 spiro atoms. The normalized spacial score (nSPS) is 27.5. The number of rotatable bonds is 2. The molecule has 16 heavy (non-hydrogen) atoms. The average molecular weight is 244 g/mol. The van der Waals surface area contributed by atoms with Gasteiger partial charge in [-0.25, -0.2) is 4.79 Å². The van der Waals surface area contributed by atoms with Crippen LogP contribution in [0.2, 0.25) is 19.1 Å². The highest BCUT2D eigenvalue weighted by molar-refractivity contribution is 6.71. The summed E-state index contributed by atoms with van der Waals surface area (Å²) in [4.78, 5) is 9.25. The zero-order valence-electron chi connectivity index (χ0n) is 10.9. The summed E-state index contributed by atoms with van der Waals surface area (Å²) in [6.45, 7) is 12.1. The Bertz CT molecular complexity index is 251. The van der Waals surface area contributed by atoms with E-state index >= 15 is 0 Å². The Kier molecular flexibility index (Phi) is 5.97. The Labute approximate surface area is 99.6 Å². The summed E-state index contributed by atoms with van der Waals surface area (Å²) < 4.78 is 6.15. The van der Waals surface area contributed by atoms with Crippen LogP contribution in [0.15, 0.2) is 12.7 Å². The molecule has 0 aliphatic carbocycles. The molecule has 0 bridgehead atoms. The van der Waals surface area contributed by atoms with E-state index in [1.54, 1.807) is 0 Å². The van der Waals surface area contributed by atoms with Gasteiger partial charge < -0.3 is 9.53 Å². The standard InChI is InChI=1S/C9H20OSi.C3H4O2/c1-5-9(2)7-6-8-11(3,4)10-9;1-2-3(4)5/h5-8H2,1-4H3;2H,1H2,(H,4,5). The van der Waals surface area contributed by atoms with Crippen LogP contribution in [0.3, 0.4) is 0 Å². The van der Waals surface area contributed by atoms with Crippen LogP contribution >= 0.6 is 0 Å². The van der Waals surface area contributed by atoms with Gasteiger partial charge in [0.15, 0.2) is 8.32 Å². The minimum atomic E-state index is -1.25. The SMILES string of the molecule is C=CC(=O)O.CCC1(C)CCC[Si](C)(C)O1. The second-order valence-corrected chi connectivity index (χ2v) is 9.28. The number of hydrogen-bond donors (Lipinski definition) is 1. The molecule has 1 fully saturated rings. The van der Waals surface area contributed by atoms with Gasteiger partial charge >= 0.3 is 5.97 Å². The smallest absolute Gasteiger partial charge is 0.327 e. The van der Waals surface area contributed by atoms with Gasteiger partial charge in [-0.3, -0.25) is 0 Å². The second kappa shape index (κ2) is 6.20. The van der Waals surface area contributed by atoms with E-state index in [1.807, 2.05) is 0 Å². The summed E-state index contributed by atoms with van der Waals surface area (Å²) in [5.41, 5.74) is 0.216. The summed E-state index contributed by atoms with van der Waals surface area (Å²) in [5, 5.41) is 7.60. The van der Waals surface area contributed by atoms with Gasteiger partial charge in [-0.15, -0.1) is 0 Å². The minimum absolute atomic E-state index is 0.216. The lowest BCUT2D eigenvalue weighted by Gasteiger charge is -2.42. The molecule has 4 heteroatoms. The molecule has 0 saturated carbocycles. The van der Waals surface area contributed by atoms with Crippen LogP contribution in [-0.2, 0) is 9.22 Å². The van der Waals surface area contributed by atoms with E-state index in [4.69, 9.17) is 9.53 Å². The van der Waals surface area contributed by atoms with Gasteiger partial charge in [0.2, 0.25) is 0 Å². The molecule has 0 radical (unpaired) electrons. The molecule has 3 nitrogen and oxygen atoms in total. The predicted octanol–water partition coefficient (Wildman–Crippen LogP) is 3.43. The van der Waals surface area contributed by atoms with Gasteiger partial charge in [0, 0.05) is 6.08 Å². The third-order valence-corrected chi connectivity index (χ3v) is 5.53. The third kappa shape index (κ3) is 6.08. The molecule has 1 rings (SSSR count). The number of hydrogen-bond acceptors (Lipinski definition) is 2. The van der Waals surface area contributed by atoms with Crippen molar-refractivity contribution in [3.05, 3.63) is 12.7 Å². The Balaban J connectivity index is 0.000000385. The Morgan fingerprint density at radius 3 is 2.38 bits per heavy atom. The van der Waals surface area contributed by atoms with Gasteiger partial charge in [-0.05, 0) is 38.9 Å². The third-order valence-electron chi connectivity index (χ3n) is 2.93. The lowest BCUT2D eigenvalue weighted by atomic mass is 9.98. The lowest BCUT2D eigenvalue weighted by Crippen LogP contribution is -2.46.